The van der Waals surface area contributed by atoms with Crippen LogP contribution in [-0.2, 0) is 20.7 Å². The molecule has 2 heterocycles. The largest absolute Gasteiger partial charge is 0.480 e. The average molecular weight is 603 g/mol. The lowest BCUT2D eigenvalue weighted by Crippen LogP contribution is -2.72. The van der Waals surface area contributed by atoms with E-state index in [4.69, 9.17) is 40.2 Å². The maximum absolute atomic E-state index is 13.8. The van der Waals surface area contributed by atoms with E-state index in [-0.39, 0.29) is 30.5 Å². The monoisotopic (exact) mass is 601 g/mol. The van der Waals surface area contributed by atoms with Gasteiger partial charge in [-0.25, -0.2) is 4.79 Å². The van der Waals surface area contributed by atoms with Crippen molar-refractivity contribution < 1.29 is 24.2 Å². The minimum atomic E-state index is -1.04. The third-order valence-corrected chi connectivity index (χ3v) is 8.63. The van der Waals surface area contributed by atoms with Crippen molar-refractivity contribution in [3.8, 4) is 0 Å². The van der Waals surface area contributed by atoms with Gasteiger partial charge in [-0.2, -0.15) is 0 Å². The Hall–Kier alpha value is -2.34. The van der Waals surface area contributed by atoms with Crippen LogP contribution in [-0.4, -0.2) is 107 Å². The summed E-state index contributed by atoms with van der Waals surface area (Å²) in [5, 5.41) is 16.0. The summed E-state index contributed by atoms with van der Waals surface area (Å²) in [5.74, 6) is -1.13. The highest BCUT2D eigenvalue weighted by Gasteiger charge is 2.50. The molecule has 0 bridgehead atoms. The van der Waals surface area contributed by atoms with E-state index in [0.29, 0.717) is 23.0 Å². The van der Waals surface area contributed by atoms with Crippen molar-refractivity contribution in [2.45, 2.75) is 57.2 Å². The van der Waals surface area contributed by atoms with Crippen LogP contribution in [0.25, 0.3) is 0 Å². The van der Waals surface area contributed by atoms with Crippen LogP contribution >= 0.6 is 35.4 Å². The lowest BCUT2D eigenvalue weighted by Gasteiger charge is -2.54. The summed E-state index contributed by atoms with van der Waals surface area (Å²) in [4.78, 5) is 43.8. The molecule has 2 fully saturated rings. The first-order valence-electron chi connectivity index (χ1n) is 13.0. The second-order valence-electron chi connectivity index (χ2n) is 10.2. The van der Waals surface area contributed by atoms with Crippen molar-refractivity contribution >= 4 is 58.5 Å². The molecule has 0 spiro atoms. The van der Waals surface area contributed by atoms with E-state index in [2.05, 4.69) is 15.5 Å². The van der Waals surface area contributed by atoms with Gasteiger partial charge in [0.1, 0.15) is 6.04 Å². The first kappa shape index (κ1) is 31.2. The number of carbonyl (C=O) groups excluding carboxylic acids is 2. The average Bonchev–Trinajstić information content (AvgIpc) is 3.42. The third-order valence-electron chi connectivity index (χ3n) is 7.63. The SMILES string of the molecule is COC(=O)N1CCN(C(=O)Cc2ccc(Cl)c(Cl)c2)[C@](C)(CCN2CCCC2)[C@@H]1CNC(=S)N[C@@H](C)C(=O)O. The summed E-state index contributed by atoms with van der Waals surface area (Å²) < 4.78 is 5.10. The number of benzene rings is 1. The van der Waals surface area contributed by atoms with E-state index in [1.54, 1.807) is 23.1 Å². The maximum Gasteiger partial charge on any atom is 0.409 e. The van der Waals surface area contributed by atoms with Crippen LogP contribution in [0.1, 0.15) is 38.7 Å². The molecule has 3 atom stereocenters. The molecule has 216 valence electrons. The summed E-state index contributed by atoms with van der Waals surface area (Å²) in [6.07, 6.45) is 2.52. The number of aliphatic carboxylic acids is 1. The fraction of sp³-hybridized carbons (Fsp3) is 0.615. The first-order chi connectivity index (χ1) is 18.5. The molecule has 13 heteroatoms. The van der Waals surface area contributed by atoms with E-state index in [9.17, 15) is 19.5 Å². The zero-order valence-corrected chi connectivity index (χ0v) is 24.9. The molecule has 2 aliphatic rings. The van der Waals surface area contributed by atoms with Gasteiger partial charge in [0, 0.05) is 26.2 Å². The molecule has 10 nitrogen and oxygen atoms in total. The van der Waals surface area contributed by atoms with Gasteiger partial charge in [0.25, 0.3) is 0 Å². The van der Waals surface area contributed by atoms with Crippen LogP contribution in [0.3, 0.4) is 0 Å². The van der Waals surface area contributed by atoms with Gasteiger partial charge in [-0.05, 0) is 76.1 Å². The Bertz CT molecular complexity index is 1070. The second kappa shape index (κ2) is 13.8. The Kier molecular flexibility index (Phi) is 11.1. The van der Waals surface area contributed by atoms with Gasteiger partial charge in [0.15, 0.2) is 5.11 Å². The van der Waals surface area contributed by atoms with Crippen molar-refractivity contribution in [2.24, 2.45) is 0 Å². The zero-order valence-electron chi connectivity index (χ0n) is 22.5. The number of methoxy groups -OCH3 is 1. The highest BCUT2D eigenvalue weighted by Crippen LogP contribution is 2.34. The zero-order chi connectivity index (χ0) is 28.7. The smallest absolute Gasteiger partial charge is 0.409 e. The number of hydrogen-bond acceptors (Lipinski definition) is 6. The van der Waals surface area contributed by atoms with Crippen LogP contribution in [0.4, 0.5) is 4.79 Å². The number of piperazine rings is 1. The Morgan fingerprint density at radius 1 is 1.18 bits per heavy atom. The van der Waals surface area contributed by atoms with E-state index in [1.165, 1.54) is 14.0 Å². The van der Waals surface area contributed by atoms with E-state index in [0.717, 1.165) is 38.0 Å². The molecule has 2 saturated heterocycles. The van der Waals surface area contributed by atoms with Crippen LogP contribution in [0.15, 0.2) is 18.2 Å². The number of nitrogens with zero attached hydrogens (tertiary/aromatic N) is 3. The molecule has 39 heavy (non-hydrogen) atoms. The maximum atomic E-state index is 13.8. The molecule has 0 radical (unpaired) electrons. The normalized spacial score (nSPS) is 22.3. The van der Waals surface area contributed by atoms with E-state index >= 15 is 0 Å². The lowest BCUT2D eigenvalue weighted by molar-refractivity contribution is -0.145. The fourth-order valence-corrected chi connectivity index (χ4v) is 5.90. The standard InChI is InChI=1S/C26H37Cl2N5O5S/c1-17(23(35)36)30-24(39)29-16-21-26(2,8-11-31-9-4-5-10-31)33(13-12-32(21)25(37)38-3)22(34)15-18-6-7-19(27)20(28)14-18/h6-7,14,17,21H,4-5,8-13,15-16H2,1-3H3,(H,35,36)(H2,29,30,39)/t17-,21-,26+/m0/s1. The lowest BCUT2D eigenvalue weighted by atomic mass is 9.82. The number of carboxylic acid groups (broad SMARTS) is 1. The van der Waals surface area contributed by atoms with Gasteiger partial charge < -0.3 is 30.3 Å². The van der Waals surface area contributed by atoms with Gasteiger partial charge in [0.05, 0.1) is 35.2 Å². The van der Waals surface area contributed by atoms with Crippen molar-refractivity contribution in [1.82, 2.24) is 25.3 Å². The quantitative estimate of drug-likeness (QED) is 0.367. The Morgan fingerprint density at radius 3 is 2.49 bits per heavy atom. The number of halogens is 2. The van der Waals surface area contributed by atoms with E-state index < -0.39 is 29.7 Å². The minimum Gasteiger partial charge on any atom is -0.480 e. The summed E-state index contributed by atoms with van der Waals surface area (Å²) in [6, 6.07) is 3.76. The minimum absolute atomic E-state index is 0.0907. The highest BCUT2D eigenvalue weighted by molar-refractivity contribution is 7.80. The fourth-order valence-electron chi connectivity index (χ4n) is 5.32. The molecule has 1 aromatic rings. The number of rotatable bonds is 9. The molecule has 0 unspecified atom stereocenters. The molecular formula is C26H37Cl2N5O5S. The predicted molar refractivity (Wildman–Crippen MR) is 154 cm³/mol. The molecule has 3 N–H and O–H groups in total. The van der Waals surface area contributed by atoms with Gasteiger partial charge >= 0.3 is 12.1 Å². The molecule has 3 rings (SSSR count). The van der Waals surface area contributed by atoms with Crippen molar-refractivity contribution in [3.63, 3.8) is 0 Å². The Morgan fingerprint density at radius 2 is 1.87 bits per heavy atom. The van der Waals surface area contributed by atoms with Crippen LogP contribution in [0.2, 0.25) is 10.0 Å². The first-order valence-corrected chi connectivity index (χ1v) is 14.2. The number of hydrogen-bond donors (Lipinski definition) is 3. The number of likely N-dealkylation sites (tertiary alicyclic amines) is 1. The molecule has 2 aliphatic heterocycles. The molecule has 1 aromatic carbocycles. The summed E-state index contributed by atoms with van der Waals surface area (Å²) in [6.45, 7) is 7.04. The number of ether oxygens (including phenoxy) is 1. The third kappa shape index (κ3) is 7.87. The van der Waals surface area contributed by atoms with Crippen LogP contribution < -0.4 is 10.6 Å². The number of thiocarbonyl (C=S) groups is 1. The summed E-state index contributed by atoms with van der Waals surface area (Å²) >= 11 is 17.6. The number of amides is 2. The topological polar surface area (TPSA) is 114 Å². The molecule has 2 amide bonds. The van der Waals surface area contributed by atoms with Gasteiger partial charge in [-0.1, -0.05) is 29.3 Å². The Balaban J connectivity index is 1.89. The second-order valence-corrected chi connectivity index (χ2v) is 11.4. The van der Waals surface area contributed by atoms with Crippen molar-refractivity contribution in [2.75, 3.05) is 46.4 Å². The Labute approximate surface area is 244 Å². The summed E-state index contributed by atoms with van der Waals surface area (Å²) in [5.41, 5.74) is -0.0296. The van der Waals surface area contributed by atoms with Gasteiger partial charge in [-0.15, -0.1) is 0 Å². The molecule has 0 aromatic heterocycles. The predicted octanol–water partition coefficient (Wildman–Crippen LogP) is 3.00. The number of nitrogens with one attached hydrogen (secondary N) is 2. The highest BCUT2D eigenvalue weighted by atomic mass is 35.5. The molecule has 0 saturated carbocycles. The van der Waals surface area contributed by atoms with Crippen LogP contribution in [0, 0.1) is 0 Å². The van der Waals surface area contributed by atoms with E-state index in [1.807, 2.05) is 11.8 Å². The summed E-state index contributed by atoms with van der Waals surface area (Å²) in [7, 11) is 1.33. The molecule has 0 aliphatic carbocycles. The number of carboxylic acids is 1. The van der Waals surface area contributed by atoms with Crippen molar-refractivity contribution in [3.05, 3.63) is 33.8 Å². The number of carbonyl (C=O) groups is 3. The van der Waals surface area contributed by atoms with Gasteiger partial charge in [-0.3, -0.25) is 14.5 Å². The van der Waals surface area contributed by atoms with Gasteiger partial charge in [0.2, 0.25) is 5.91 Å². The van der Waals surface area contributed by atoms with Crippen molar-refractivity contribution in [1.29, 1.82) is 0 Å². The van der Waals surface area contributed by atoms with Crippen LogP contribution in [0.5, 0.6) is 0 Å². The molecular weight excluding hydrogens is 565 g/mol.